The molecule has 1 aliphatic rings. The van der Waals surface area contributed by atoms with Crippen LogP contribution in [0.25, 0.3) is 0 Å². The SMILES string of the molecule is N=C(N)C1(O)CC1. The number of rotatable bonds is 1. The molecule has 0 atom stereocenters. The predicted molar refractivity (Wildman–Crippen MR) is 26.1 cm³/mol. The fourth-order valence-electron chi connectivity index (χ4n) is 0.388. The van der Waals surface area contributed by atoms with E-state index in [-0.39, 0.29) is 5.84 Å². The Kier molecular flexibility index (Phi) is 0.642. The number of nitrogens with two attached hydrogens (primary N) is 1. The molecule has 0 heterocycles. The third-order valence-electron chi connectivity index (χ3n) is 1.22. The molecule has 3 heteroatoms. The van der Waals surface area contributed by atoms with E-state index in [0.29, 0.717) is 12.8 Å². The molecule has 1 aliphatic carbocycles. The van der Waals surface area contributed by atoms with E-state index in [1.54, 1.807) is 0 Å². The molecule has 0 aromatic heterocycles. The summed E-state index contributed by atoms with van der Waals surface area (Å²) in [4.78, 5) is 0. The number of hydrogen-bond acceptors (Lipinski definition) is 2. The fourth-order valence-corrected chi connectivity index (χ4v) is 0.388. The smallest absolute Gasteiger partial charge is 0.123 e. The van der Waals surface area contributed by atoms with Gasteiger partial charge in [-0.15, -0.1) is 0 Å². The van der Waals surface area contributed by atoms with Crippen molar-refractivity contribution in [3.8, 4) is 0 Å². The molecule has 0 unspecified atom stereocenters. The van der Waals surface area contributed by atoms with Crippen LogP contribution in [-0.4, -0.2) is 16.5 Å². The van der Waals surface area contributed by atoms with Gasteiger partial charge in [-0.25, -0.2) is 0 Å². The highest BCUT2D eigenvalue weighted by atomic mass is 16.3. The van der Waals surface area contributed by atoms with Gasteiger partial charge in [0.2, 0.25) is 0 Å². The van der Waals surface area contributed by atoms with Crippen molar-refractivity contribution in [2.24, 2.45) is 5.73 Å². The molecule has 0 amide bonds. The molecule has 1 fully saturated rings. The lowest BCUT2D eigenvalue weighted by molar-refractivity contribution is 0.219. The Morgan fingerprint density at radius 2 is 2.14 bits per heavy atom. The van der Waals surface area contributed by atoms with E-state index in [9.17, 15) is 0 Å². The Balaban J connectivity index is 2.55. The van der Waals surface area contributed by atoms with Crippen LogP contribution in [0.3, 0.4) is 0 Å². The van der Waals surface area contributed by atoms with Crippen LogP contribution in [0.2, 0.25) is 0 Å². The summed E-state index contributed by atoms with van der Waals surface area (Å²) in [7, 11) is 0. The van der Waals surface area contributed by atoms with Gasteiger partial charge in [-0.1, -0.05) is 0 Å². The lowest BCUT2D eigenvalue weighted by Gasteiger charge is -2.00. The summed E-state index contributed by atoms with van der Waals surface area (Å²) in [6, 6.07) is 0. The molecule has 0 spiro atoms. The average Bonchev–Trinajstić information content (AvgIpc) is 2.21. The average molecular weight is 100 g/mol. The quantitative estimate of drug-likeness (QED) is 0.305. The first kappa shape index (κ1) is 4.59. The minimum atomic E-state index is -0.889. The maximum atomic E-state index is 8.86. The minimum Gasteiger partial charge on any atom is -0.385 e. The van der Waals surface area contributed by atoms with Crippen molar-refractivity contribution in [1.82, 2.24) is 0 Å². The summed E-state index contributed by atoms with van der Waals surface area (Å²) in [6.45, 7) is 0. The van der Waals surface area contributed by atoms with Crippen molar-refractivity contribution in [3.63, 3.8) is 0 Å². The molecule has 40 valence electrons. The van der Waals surface area contributed by atoms with Crippen LogP contribution in [0, 0.1) is 5.41 Å². The maximum absolute atomic E-state index is 8.86. The lowest BCUT2D eigenvalue weighted by atomic mass is 10.3. The summed E-state index contributed by atoms with van der Waals surface area (Å²) in [5.41, 5.74) is 4.08. The van der Waals surface area contributed by atoms with Gasteiger partial charge in [0, 0.05) is 0 Å². The van der Waals surface area contributed by atoms with Crippen LogP contribution in [0.5, 0.6) is 0 Å². The van der Waals surface area contributed by atoms with Crippen molar-refractivity contribution in [2.75, 3.05) is 0 Å². The Bertz CT molecular complexity index is 106. The molecule has 0 aromatic carbocycles. The van der Waals surface area contributed by atoms with Gasteiger partial charge in [-0.2, -0.15) is 0 Å². The molecule has 0 saturated heterocycles. The third kappa shape index (κ3) is 0.587. The second kappa shape index (κ2) is 0.980. The summed E-state index contributed by atoms with van der Waals surface area (Å²) in [5, 5.41) is 15.6. The monoisotopic (exact) mass is 100 g/mol. The maximum Gasteiger partial charge on any atom is 0.123 e. The third-order valence-corrected chi connectivity index (χ3v) is 1.22. The number of hydrogen-bond donors (Lipinski definition) is 3. The van der Waals surface area contributed by atoms with E-state index in [1.807, 2.05) is 0 Å². The molecule has 0 aromatic rings. The number of amidine groups is 1. The molecular formula is C4H8N2O. The van der Waals surface area contributed by atoms with Crippen molar-refractivity contribution < 1.29 is 5.11 Å². The zero-order valence-corrected chi connectivity index (χ0v) is 3.94. The first-order valence-electron chi connectivity index (χ1n) is 2.22. The molecule has 1 rings (SSSR count). The van der Waals surface area contributed by atoms with Crippen LogP contribution in [0.1, 0.15) is 12.8 Å². The van der Waals surface area contributed by atoms with E-state index in [1.165, 1.54) is 0 Å². The highest BCUT2D eigenvalue weighted by molar-refractivity contribution is 5.88. The Hall–Kier alpha value is -0.570. The van der Waals surface area contributed by atoms with E-state index >= 15 is 0 Å². The van der Waals surface area contributed by atoms with Gasteiger partial charge in [-0.05, 0) is 12.8 Å². The van der Waals surface area contributed by atoms with E-state index < -0.39 is 5.60 Å². The van der Waals surface area contributed by atoms with E-state index in [2.05, 4.69) is 0 Å². The van der Waals surface area contributed by atoms with Crippen LogP contribution in [-0.2, 0) is 0 Å². The largest absolute Gasteiger partial charge is 0.385 e. The van der Waals surface area contributed by atoms with Gasteiger partial charge in [-0.3, -0.25) is 5.41 Å². The van der Waals surface area contributed by atoms with Crippen LogP contribution >= 0.6 is 0 Å². The molecule has 4 N–H and O–H groups in total. The van der Waals surface area contributed by atoms with Gasteiger partial charge in [0.25, 0.3) is 0 Å². The molecule has 0 aliphatic heterocycles. The number of nitrogens with one attached hydrogen (secondary N) is 1. The molecular weight excluding hydrogens is 92.1 g/mol. The molecule has 0 radical (unpaired) electrons. The van der Waals surface area contributed by atoms with Gasteiger partial charge >= 0.3 is 0 Å². The lowest BCUT2D eigenvalue weighted by Crippen LogP contribution is -2.28. The van der Waals surface area contributed by atoms with Crippen molar-refractivity contribution in [2.45, 2.75) is 18.4 Å². The summed E-state index contributed by atoms with van der Waals surface area (Å²) in [5.74, 6) is -0.0903. The Labute approximate surface area is 41.6 Å². The van der Waals surface area contributed by atoms with Crippen molar-refractivity contribution in [1.29, 1.82) is 5.41 Å². The second-order valence-electron chi connectivity index (χ2n) is 1.95. The first-order chi connectivity index (χ1) is 3.15. The molecule has 3 nitrogen and oxygen atoms in total. The normalized spacial score (nSPS) is 24.1. The minimum absolute atomic E-state index is 0.0903. The predicted octanol–water partition coefficient (Wildman–Crippen LogP) is -0.553. The van der Waals surface area contributed by atoms with Gasteiger partial charge in [0.15, 0.2) is 0 Å². The Morgan fingerprint density at radius 3 is 2.14 bits per heavy atom. The standard InChI is InChI=1S/C4H8N2O/c5-3(6)4(7)1-2-4/h7H,1-2H2,(H3,5,6). The summed E-state index contributed by atoms with van der Waals surface area (Å²) in [6.07, 6.45) is 1.34. The van der Waals surface area contributed by atoms with E-state index in [4.69, 9.17) is 16.2 Å². The Morgan fingerprint density at radius 1 is 1.71 bits per heavy atom. The second-order valence-corrected chi connectivity index (χ2v) is 1.95. The summed E-state index contributed by atoms with van der Waals surface area (Å²) < 4.78 is 0. The van der Waals surface area contributed by atoms with Crippen molar-refractivity contribution >= 4 is 5.84 Å². The van der Waals surface area contributed by atoms with Crippen LogP contribution in [0.15, 0.2) is 0 Å². The van der Waals surface area contributed by atoms with Gasteiger partial charge in [0.05, 0.1) is 0 Å². The molecule has 0 bridgehead atoms. The topological polar surface area (TPSA) is 70.1 Å². The van der Waals surface area contributed by atoms with Crippen molar-refractivity contribution in [3.05, 3.63) is 0 Å². The highest BCUT2D eigenvalue weighted by Gasteiger charge is 2.43. The first-order valence-corrected chi connectivity index (χ1v) is 2.22. The summed E-state index contributed by atoms with van der Waals surface area (Å²) >= 11 is 0. The number of aliphatic hydroxyl groups is 1. The highest BCUT2D eigenvalue weighted by Crippen LogP contribution is 2.34. The molecule has 7 heavy (non-hydrogen) atoms. The fraction of sp³-hybridized carbons (Fsp3) is 0.750. The van der Waals surface area contributed by atoms with Gasteiger partial charge in [0.1, 0.15) is 11.4 Å². The zero-order valence-electron chi connectivity index (χ0n) is 3.94. The van der Waals surface area contributed by atoms with Crippen LogP contribution in [0.4, 0.5) is 0 Å². The molecule has 1 saturated carbocycles. The van der Waals surface area contributed by atoms with E-state index in [0.717, 1.165) is 0 Å². The zero-order chi connectivity index (χ0) is 5.49. The van der Waals surface area contributed by atoms with Gasteiger partial charge < -0.3 is 10.8 Å². The van der Waals surface area contributed by atoms with Crippen LogP contribution < -0.4 is 5.73 Å².